The molecule has 1 aliphatic rings. The molecule has 8 nitrogen and oxygen atoms in total. The van der Waals surface area contributed by atoms with Gasteiger partial charge in [0.05, 0.1) is 17.6 Å². The number of ether oxygens (including phenoxy) is 2. The SMILES string of the molecule is O=c1c(-c2ccc(O[C@@H]3O[C@H](CO)[C@@H](O)[C@H](O)[C@H]3O)cc2)coc2ccccc12. The van der Waals surface area contributed by atoms with Crippen molar-refractivity contribution in [1.29, 1.82) is 0 Å². The summed E-state index contributed by atoms with van der Waals surface area (Å²) < 4.78 is 16.4. The number of aliphatic hydroxyl groups excluding tert-OH is 4. The van der Waals surface area contributed by atoms with Crippen LogP contribution in [0.5, 0.6) is 5.75 Å². The number of aliphatic hydroxyl groups is 4. The molecule has 4 N–H and O–H groups in total. The van der Waals surface area contributed by atoms with Crippen molar-refractivity contribution in [2.24, 2.45) is 0 Å². The molecule has 0 amide bonds. The van der Waals surface area contributed by atoms with Gasteiger partial charge in [-0.1, -0.05) is 24.3 Å². The van der Waals surface area contributed by atoms with E-state index in [-0.39, 0.29) is 5.43 Å². The number of hydrogen-bond donors (Lipinski definition) is 4. The van der Waals surface area contributed by atoms with Gasteiger partial charge in [0.1, 0.15) is 42.0 Å². The first-order valence-electron chi connectivity index (χ1n) is 9.07. The van der Waals surface area contributed by atoms with Crippen molar-refractivity contribution in [3.63, 3.8) is 0 Å². The van der Waals surface area contributed by atoms with Crippen LogP contribution in [0.15, 0.2) is 64.0 Å². The Hall–Kier alpha value is -2.75. The predicted octanol–water partition coefficient (Wildman–Crippen LogP) is 0.639. The third-order valence-corrected chi connectivity index (χ3v) is 4.95. The van der Waals surface area contributed by atoms with E-state index in [1.165, 1.54) is 6.26 Å². The van der Waals surface area contributed by atoms with E-state index in [0.29, 0.717) is 27.8 Å². The van der Waals surface area contributed by atoms with Gasteiger partial charge in [0.25, 0.3) is 0 Å². The van der Waals surface area contributed by atoms with Crippen LogP contribution < -0.4 is 10.2 Å². The van der Waals surface area contributed by atoms with Crippen LogP contribution in [0.1, 0.15) is 0 Å². The third kappa shape index (κ3) is 3.64. The molecule has 1 saturated heterocycles. The highest BCUT2D eigenvalue weighted by Crippen LogP contribution is 2.26. The summed E-state index contributed by atoms with van der Waals surface area (Å²) in [5, 5.41) is 39.4. The standard InChI is InChI=1S/C21H20O8/c22-9-16-18(24)19(25)20(26)21(29-16)28-12-7-5-11(6-8-12)14-10-27-15-4-2-1-3-13(15)17(14)23/h1-8,10,16,18-22,24-26H,9H2/t16-,18-,19+,20-,21-/m1/s1. The Morgan fingerprint density at radius 2 is 1.66 bits per heavy atom. The van der Waals surface area contributed by atoms with Gasteiger partial charge >= 0.3 is 0 Å². The van der Waals surface area contributed by atoms with Gasteiger partial charge in [-0.2, -0.15) is 0 Å². The number of benzene rings is 2. The van der Waals surface area contributed by atoms with Crippen molar-refractivity contribution in [3.05, 3.63) is 65.0 Å². The quantitative estimate of drug-likeness (QED) is 0.502. The largest absolute Gasteiger partial charge is 0.463 e. The van der Waals surface area contributed by atoms with Crippen LogP contribution in [0.3, 0.4) is 0 Å². The molecule has 5 atom stereocenters. The molecule has 0 saturated carbocycles. The van der Waals surface area contributed by atoms with Crippen molar-refractivity contribution in [2.45, 2.75) is 30.7 Å². The summed E-state index contributed by atoms with van der Waals surface area (Å²) >= 11 is 0. The summed E-state index contributed by atoms with van der Waals surface area (Å²) in [6.45, 7) is -0.540. The minimum absolute atomic E-state index is 0.158. The fraction of sp³-hybridized carbons (Fsp3) is 0.286. The number of rotatable bonds is 4. The summed E-state index contributed by atoms with van der Waals surface area (Å²) in [5.74, 6) is 0.309. The number of hydrogen-bond acceptors (Lipinski definition) is 8. The molecule has 2 heterocycles. The van der Waals surface area contributed by atoms with E-state index in [1.54, 1.807) is 48.5 Å². The van der Waals surface area contributed by atoms with Gasteiger partial charge < -0.3 is 34.3 Å². The monoisotopic (exact) mass is 400 g/mol. The molecular formula is C21H20O8. The lowest BCUT2D eigenvalue weighted by Gasteiger charge is -2.39. The zero-order valence-corrected chi connectivity index (χ0v) is 15.2. The highest BCUT2D eigenvalue weighted by molar-refractivity contribution is 5.81. The van der Waals surface area contributed by atoms with Gasteiger partial charge in [-0.05, 0) is 29.8 Å². The van der Waals surface area contributed by atoms with Crippen LogP contribution in [-0.4, -0.2) is 57.7 Å². The van der Waals surface area contributed by atoms with Gasteiger partial charge in [0, 0.05) is 0 Å². The van der Waals surface area contributed by atoms with Crippen LogP contribution >= 0.6 is 0 Å². The normalized spacial score (nSPS) is 27.1. The summed E-state index contributed by atoms with van der Waals surface area (Å²) in [6.07, 6.45) is -5.41. The van der Waals surface area contributed by atoms with E-state index in [0.717, 1.165) is 0 Å². The minimum Gasteiger partial charge on any atom is -0.463 e. The Morgan fingerprint density at radius 3 is 2.38 bits per heavy atom. The van der Waals surface area contributed by atoms with Gasteiger partial charge in [0.2, 0.25) is 6.29 Å². The smallest absolute Gasteiger partial charge is 0.229 e. The average Bonchev–Trinajstić information content (AvgIpc) is 2.75. The molecule has 0 spiro atoms. The van der Waals surface area contributed by atoms with Crippen molar-refractivity contribution < 1.29 is 34.3 Å². The average molecular weight is 400 g/mol. The summed E-state index contributed by atoms with van der Waals surface area (Å²) in [5.41, 5.74) is 1.35. The summed E-state index contributed by atoms with van der Waals surface area (Å²) in [7, 11) is 0. The molecule has 4 rings (SSSR count). The molecule has 29 heavy (non-hydrogen) atoms. The second-order valence-electron chi connectivity index (χ2n) is 6.81. The molecule has 1 aromatic heterocycles. The zero-order valence-electron chi connectivity index (χ0n) is 15.2. The molecule has 3 aromatic rings. The zero-order chi connectivity index (χ0) is 20.5. The van der Waals surface area contributed by atoms with Crippen LogP contribution in [0.25, 0.3) is 22.1 Å². The van der Waals surface area contributed by atoms with Gasteiger partial charge in [-0.25, -0.2) is 0 Å². The Balaban J connectivity index is 1.56. The Labute approximate surface area is 165 Å². The van der Waals surface area contributed by atoms with E-state index in [4.69, 9.17) is 13.9 Å². The van der Waals surface area contributed by atoms with E-state index >= 15 is 0 Å². The molecule has 0 unspecified atom stereocenters. The van der Waals surface area contributed by atoms with Crippen LogP contribution in [0, 0.1) is 0 Å². The molecule has 0 bridgehead atoms. The molecular weight excluding hydrogens is 380 g/mol. The van der Waals surface area contributed by atoms with Crippen molar-refractivity contribution >= 4 is 11.0 Å². The van der Waals surface area contributed by atoms with E-state index in [1.807, 2.05) is 0 Å². The lowest BCUT2D eigenvalue weighted by Crippen LogP contribution is -2.60. The second-order valence-corrected chi connectivity index (χ2v) is 6.81. The number of fused-ring (bicyclic) bond motifs is 1. The van der Waals surface area contributed by atoms with Crippen LogP contribution in [-0.2, 0) is 4.74 Å². The van der Waals surface area contributed by atoms with Crippen molar-refractivity contribution in [2.75, 3.05) is 6.61 Å². The van der Waals surface area contributed by atoms with E-state index in [9.17, 15) is 25.2 Å². The van der Waals surface area contributed by atoms with Gasteiger partial charge in [-0.15, -0.1) is 0 Å². The Morgan fingerprint density at radius 1 is 0.931 bits per heavy atom. The Kier molecular flexibility index (Phi) is 5.35. The lowest BCUT2D eigenvalue weighted by atomic mass is 9.99. The Bertz CT molecular complexity index is 1040. The van der Waals surface area contributed by atoms with E-state index < -0.39 is 37.3 Å². The highest BCUT2D eigenvalue weighted by atomic mass is 16.7. The lowest BCUT2D eigenvalue weighted by molar-refractivity contribution is -0.277. The van der Waals surface area contributed by atoms with Crippen LogP contribution in [0.2, 0.25) is 0 Å². The van der Waals surface area contributed by atoms with E-state index in [2.05, 4.69) is 0 Å². The fourth-order valence-electron chi connectivity index (χ4n) is 3.29. The first kappa shape index (κ1) is 19.6. The first-order valence-corrected chi connectivity index (χ1v) is 9.07. The van der Waals surface area contributed by atoms with Crippen LogP contribution in [0.4, 0.5) is 0 Å². The predicted molar refractivity (Wildman–Crippen MR) is 102 cm³/mol. The molecule has 0 radical (unpaired) electrons. The van der Waals surface area contributed by atoms with Crippen molar-refractivity contribution in [1.82, 2.24) is 0 Å². The number of para-hydroxylation sites is 1. The maximum absolute atomic E-state index is 12.7. The van der Waals surface area contributed by atoms with Gasteiger partial charge in [-0.3, -0.25) is 4.79 Å². The molecule has 152 valence electrons. The maximum atomic E-state index is 12.7. The molecule has 1 fully saturated rings. The van der Waals surface area contributed by atoms with Gasteiger partial charge in [0.15, 0.2) is 5.43 Å². The van der Waals surface area contributed by atoms with Crippen molar-refractivity contribution in [3.8, 4) is 16.9 Å². The summed E-state index contributed by atoms with van der Waals surface area (Å²) in [6, 6.07) is 13.4. The summed E-state index contributed by atoms with van der Waals surface area (Å²) in [4.78, 5) is 12.7. The third-order valence-electron chi connectivity index (χ3n) is 4.95. The first-order chi connectivity index (χ1) is 14.0. The topological polar surface area (TPSA) is 130 Å². The molecule has 2 aromatic carbocycles. The second kappa shape index (κ2) is 7.94. The molecule has 1 aliphatic heterocycles. The minimum atomic E-state index is -1.52. The fourth-order valence-corrected chi connectivity index (χ4v) is 3.29. The molecule has 0 aliphatic carbocycles. The highest BCUT2D eigenvalue weighted by Gasteiger charge is 2.44. The maximum Gasteiger partial charge on any atom is 0.229 e. The molecule has 8 heteroatoms.